The summed E-state index contributed by atoms with van der Waals surface area (Å²) in [4.78, 5) is 4.06. The number of benzene rings is 1. The lowest BCUT2D eigenvalue weighted by molar-refractivity contribution is 0.179. The Kier molecular flexibility index (Phi) is 3.51. The third kappa shape index (κ3) is 2.96. The van der Waals surface area contributed by atoms with Crippen molar-refractivity contribution in [2.45, 2.75) is 18.9 Å². The molecule has 2 aromatic rings. The minimum Gasteiger partial charge on any atom is -0.383 e. The van der Waals surface area contributed by atoms with Crippen molar-refractivity contribution in [2.75, 3.05) is 19.0 Å². The van der Waals surface area contributed by atoms with Crippen LogP contribution in [0.3, 0.4) is 0 Å². The van der Waals surface area contributed by atoms with Gasteiger partial charge >= 0.3 is 0 Å². The van der Waals surface area contributed by atoms with Crippen molar-refractivity contribution in [3.63, 3.8) is 0 Å². The lowest BCUT2D eigenvalue weighted by Crippen LogP contribution is -2.27. The molecule has 19 heavy (non-hydrogen) atoms. The fourth-order valence-corrected chi connectivity index (χ4v) is 2.33. The topological polar surface area (TPSA) is 39.1 Å². The molecule has 100 valence electrons. The molecule has 4 nitrogen and oxygen atoms in total. The minimum atomic E-state index is 0.434. The number of imidazole rings is 1. The highest BCUT2D eigenvalue weighted by molar-refractivity contribution is 5.49. The molecule has 1 N–H and O–H groups in total. The van der Waals surface area contributed by atoms with Gasteiger partial charge in [-0.1, -0.05) is 0 Å². The second-order valence-corrected chi connectivity index (χ2v) is 5.06. The predicted molar refractivity (Wildman–Crippen MR) is 75.6 cm³/mol. The van der Waals surface area contributed by atoms with Gasteiger partial charge in [0, 0.05) is 30.9 Å². The smallest absolute Gasteiger partial charge is 0.0991 e. The standard InChI is InChI=1S/C15H19N3O/c1-19-10-15(12-2-3-12)17-13-4-6-14(7-5-13)18-9-8-16-11-18/h4-9,11-12,15,17H,2-3,10H2,1H3/t15-/m1/s1. The van der Waals surface area contributed by atoms with Gasteiger partial charge in [0.2, 0.25) is 0 Å². The van der Waals surface area contributed by atoms with Crippen LogP contribution in [0, 0.1) is 5.92 Å². The quantitative estimate of drug-likeness (QED) is 0.864. The normalized spacial score (nSPS) is 16.3. The Labute approximate surface area is 113 Å². The predicted octanol–water partition coefficient (Wildman–Crippen LogP) is 2.71. The SMILES string of the molecule is COC[C@@H](Nc1ccc(-n2ccnc2)cc1)C1CC1. The van der Waals surface area contributed by atoms with Crippen LogP contribution in [-0.2, 0) is 4.74 Å². The average molecular weight is 257 g/mol. The van der Waals surface area contributed by atoms with E-state index in [-0.39, 0.29) is 0 Å². The van der Waals surface area contributed by atoms with E-state index in [2.05, 4.69) is 34.6 Å². The molecule has 4 heteroatoms. The Morgan fingerprint density at radius 1 is 1.37 bits per heavy atom. The van der Waals surface area contributed by atoms with Crippen molar-refractivity contribution < 1.29 is 4.74 Å². The van der Waals surface area contributed by atoms with Crippen molar-refractivity contribution in [3.8, 4) is 5.69 Å². The number of ether oxygens (including phenoxy) is 1. The summed E-state index contributed by atoms with van der Waals surface area (Å²) in [5, 5.41) is 3.56. The van der Waals surface area contributed by atoms with E-state index in [9.17, 15) is 0 Å². The molecular formula is C15H19N3O. The number of aromatic nitrogens is 2. The first-order valence-electron chi connectivity index (χ1n) is 6.70. The van der Waals surface area contributed by atoms with Crippen molar-refractivity contribution in [3.05, 3.63) is 43.0 Å². The maximum Gasteiger partial charge on any atom is 0.0991 e. The highest BCUT2D eigenvalue weighted by atomic mass is 16.5. The zero-order valence-corrected chi connectivity index (χ0v) is 11.1. The monoisotopic (exact) mass is 257 g/mol. The molecule has 0 aliphatic heterocycles. The van der Waals surface area contributed by atoms with E-state index in [0.29, 0.717) is 6.04 Å². The van der Waals surface area contributed by atoms with E-state index in [0.717, 1.165) is 23.9 Å². The van der Waals surface area contributed by atoms with Crippen LogP contribution in [0.5, 0.6) is 0 Å². The molecule has 0 saturated heterocycles. The largest absolute Gasteiger partial charge is 0.383 e. The highest BCUT2D eigenvalue weighted by Crippen LogP contribution is 2.34. The number of hydrogen-bond donors (Lipinski definition) is 1. The van der Waals surface area contributed by atoms with Crippen LogP contribution in [0.25, 0.3) is 5.69 Å². The first-order valence-corrected chi connectivity index (χ1v) is 6.70. The Morgan fingerprint density at radius 3 is 2.74 bits per heavy atom. The maximum atomic E-state index is 5.29. The summed E-state index contributed by atoms with van der Waals surface area (Å²) in [5.41, 5.74) is 2.27. The van der Waals surface area contributed by atoms with E-state index < -0.39 is 0 Å². The zero-order valence-electron chi connectivity index (χ0n) is 11.1. The van der Waals surface area contributed by atoms with Gasteiger partial charge in [0.1, 0.15) is 0 Å². The van der Waals surface area contributed by atoms with E-state index in [1.165, 1.54) is 12.8 Å². The second kappa shape index (κ2) is 5.45. The number of nitrogens with zero attached hydrogens (tertiary/aromatic N) is 2. The van der Waals surface area contributed by atoms with E-state index in [4.69, 9.17) is 4.74 Å². The van der Waals surface area contributed by atoms with Gasteiger partial charge < -0.3 is 14.6 Å². The molecule has 0 amide bonds. The summed E-state index contributed by atoms with van der Waals surface area (Å²) in [6.07, 6.45) is 8.16. The van der Waals surface area contributed by atoms with Gasteiger partial charge in [-0.3, -0.25) is 0 Å². The van der Waals surface area contributed by atoms with Crippen molar-refractivity contribution in [2.24, 2.45) is 5.92 Å². The van der Waals surface area contributed by atoms with Gasteiger partial charge in [0.05, 0.1) is 19.0 Å². The van der Waals surface area contributed by atoms with Gasteiger partial charge in [-0.05, 0) is 43.0 Å². The maximum absolute atomic E-state index is 5.29. The summed E-state index contributed by atoms with van der Waals surface area (Å²) in [6, 6.07) is 8.85. The van der Waals surface area contributed by atoms with Crippen LogP contribution >= 0.6 is 0 Å². The van der Waals surface area contributed by atoms with E-state index >= 15 is 0 Å². The summed E-state index contributed by atoms with van der Waals surface area (Å²) in [7, 11) is 1.76. The molecule has 0 radical (unpaired) electrons. The molecule has 0 unspecified atom stereocenters. The van der Waals surface area contributed by atoms with Gasteiger partial charge in [-0.2, -0.15) is 0 Å². The van der Waals surface area contributed by atoms with Crippen molar-refractivity contribution in [1.82, 2.24) is 9.55 Å². The van der Waals surface area contributed by atoms with Crippen molar-refractivity contribution in [1.29, 1.82) is 0 Å². The first-order chi connectivity index (χ1) is 9.36. The summed E-state index contributed by atoms with van der Waals surface area (Å²) in [5.74, 6) is 0.772. The van der Waals surface area contributed by atoms with Gasteiger partial charge in [-0.15, -0.1) is 0 Å². The van der Waals surface area contributed by atoms with Crippen LogP contribution < -0.4 is 5.32 Å². The molecule has 0 bridgehead atoms. The third-order valence-electron chi connectivity index (χ3n) is 3.56. The first kappa shape index (κ1) is 12.2. The summed E-state index contributed by atoms with van der Waals surface area (Å²) >= 11 is 0. The van der Waals surface area contributed by atoms with Crippen LogP contribution in [0.1, 0.15) is 12.8 Å². The number of hydrogen-bond acceptors (Lipinski definition) is 3. The van der Waals surface area contributed by atoms with Crippen LogP contribution in [0.2, 0.25) is 0 Å². The minimum absolute atomic E-state index is 0.434. The molecule has 1 aliphatic rings. The molecule has 1 atom stereocenters. The number of anilines is 1. The number of rotatable bonds is 6. The lowest BCUT2D eigenvalue weighted by atomic mass is 10.2. The van der Waals surface area contributed by atoms with Crippen LogP contribution in [0.4, 0.5) is 5.69 Å². The number of nitrogens with one attached hydrogen (secondary N) is 1. The molecule has 1 aromatic heterocycles. The van der Waals surface area contributed by atoms with Gasteiger partial charge in [0.15, 0.2) is 0 Å². The fraction of sp³-hybridized carbons (Fsp3) is 0.400. The zero-order chi connectivity index (χ0) is 13.1. The third-order valence-corrected chi connectivity index (χ3v) is 3.56. The van der Waals surface area contributed by atoms with Crippen molar-refractivity contribution >= 4 is 5.69 Å². The number of methoxy groups -OCH3 is 1. The Hall–Kier alpha value is -1.81. The van der Waals surface area contributed by atoms with Crippen LogP contribution in [-0.4, -0.2) is 29.3 Å². The van der Waals surface area contributed by atoms with Crippen LogP contribution in [0.15, 0.2) is 43.0 Å². The Morgan fingerprint density at radius 2 is 2.16 bits per heavy atom. The molecular weight excluding hydrogens is 238 g/mol. The second-order valence-electron chi connectivity index (χ2n) is 5.06. The average Bonchev–Trinajstić information content (AvgIpc) is 3.14. The summed E-state index contributed by atoms with van der Waals surface area (Å²) < 4.78 is 7.28. The van der Waals surface area contributed by atoms with E-state index in [1.54, 1.807) is 19.6 Å². The molecule has 1 aliphatic carbocycles. The highest BCUT2D eigenvalue weighted by Gasteiger charge is 2.30. The molecule has 3 rings (SSSR count). The Balaban J connectivity index is 1.68. The molecule has 1 heterocycles. The van der Waals surface area contributed by atoms with E-state index in [1.807, 2.05) is 10.8 Å². The molecule has 1 fully saturated rings. The lowest BCUT2D eigenvalue weighted by Gasteiger charge is -2.18. The molecule has 0 spiro atoms. The fourth-order valence-electron chi connectivity index (χ4n) is 2.33. The molecule has 1 saturated carbocycles. The Bertz CT molecular complexity index is 503. The molecule has 1 aromatic carbocycles. The van der Waals surface area contributed by atoms with Gasteiger partial charge in [0.25, 0.3) is 0 Å². The van der Waals surface area contributed by atoms with Gasteiger partial charge in [-0.25, -0.2) is 4.98 Å². The summed E-state index contributed by atoms with van der Waals surface area (Å²) in [6.45, 7) is 0.772.